The van der Waals surface area contributed by atoms with Crippen LogP contribution in [0.25, 0.3) is 0 Å². The molecule has 0 N–H and O–H groups in total. The van der Waals surface area contributed by atoms with E-state index in [9.17, 15) is 18.0 Å². The zero-order chi connectivity index (χ0) is 19.4. The van der Waals surface area contributed by atoms with Crippen LogP contribution in [0.15, 0.2) is 53.4 Å². The second-order valence-electron chi connectivity index (χ2n) is 6.42. The standard InChI is InChI=1S/C20H20F3NO2S/c1-26-17-9-5-14(6-10-17)12-24(16-7-8-16)19(25)13-27-18-4-2-3-15(11-18)20(21,22)23/h2-6,9-11,16H,7-8,12-13H2,1H3. The van der Waals surface area contributed by atoms with E-state index in [-0.39, 0.29) is 17.7 Å². The summed E-state index contributed by atoms with van der Waals surface area (Å²) in [6.45, 7) is 0.497. The van der Waals surface area contributed by atoms with Crippen LogP contribution in [0.5, 0.6) is 5.75 Å². The Kier molecular flexibility index (Phi) is 5.99. The van der Waals surface area contributed by atoms with E-state index >= 15 is 0 Å². The molecule has 144 valence electrons. The summed E-state index contributed by atoms with van der Waals surface area (Å²) in [7, 11) is 1.60. The van der Waals surface area contributed by atoms with Crippen molar-refractivity contribution in [2.75, 3.05) is 12.9 Å². The zero-order valence-electron chi connectivity index (χ0n) is 14.8. The number of amides is 1. The van der Waals surface area contributed by atoms with Crippen molar-refractivity contribution in [3.8, 4) is 5.75 Å². The highest BCUT2D eigenvalue weighted by Crippen LogP contribution is 2.33. The van der Waals surface area contributed by atoms with Crippen molar-refractivity contribution < 1.29 is 22.7 Å². The Labute approximate surface area is 160 Å². The monoisotopic (exact) mass is 395 g/mol. The second kappa shape index (κ2) is 8.25. The lowest BCUT2D eigenvalue weighted by molar-refractivity contribution is -0.137. The number of carbonyl (C=O) groups excluding carboxylic acids is 1. The summed E-state index contributed by atoms with van der Waals surface area (Å²) in [6.07, 6.45) is -2.44. The van der Waals surface area contributed by atoms with E-state index < -0.39 is 11.7 Å². The number of thioether (sulfide) groups is 1. The molecule has 2 aromatic rings. The number of ether oxygens (including phenoxy) is 1. The van der Waals surface area contributed by atoms with E-state index in [1.54, 1.807) is 13.2 Å². The van der Waals surface area contributed by atoms with Crippen LogP contribution in [0.3, 0.4) is 0 Å². The summed E-state index contributed by atoms with van der Waals surface area (Å²) in [5.74, 6) is 0.812. The molecule has 1 amide bonds. The number of carbonyl (C=O) groups is 1. The largest absolute Gasteiger partial charge is 0.497 e. The van der Waals surface area contributed by atoms with E-state index in [4.69, 9.17) is 4.74 Å². The first-order chi connectivity index (χ1) is 12.9. The molecule has 0 aromatic heterocycles. The molecule has 0 saturated heterocycles. The summed E-state index contributed by atoms with van der Waals surface area (Å²) in [5, 5.41) is 0. The zero-order valence-corrected chi connectivity index (χ0v) is 15.6. The Morgan fingerprint density at radius 1 is 1.19 bits per heavy atom. The molecule has 7 heteroatoms. The molecule has 3 nitrogen and oxygen atoms in total. The van der Waals surface area contributed by atoms with Crippen LogP contribution in [-0.2, 0) is 17.5 Å². The predicted octanol–water partition coefficient (Wildman–Crippen LogP) is 5.00. The van der Waals surface area contributed by atoms with Crippen LogP contribution in [0.4, 0.5) is 13.2 Å². The molecule has 1 aliphatic carbocycles. The van der Waals surface area contributed by atoms with Crippen LogP contribution in [0.2, 0.25) is 0 Å². The maximum atomic E-state index is 12.8. The van der Waals surface area contributed by atoms with Gasteiger partial charge >= 0.3 is 6.18 Å². The maximum absolute atomic E-state index is 12.8. The van der Waals surface area contributed by atoms with Crippen LogP contribution >= 0.6 is 11.8 Å². The number of rotatable bonds is 7. The minimum atomic E-state index is -4.38. The van der Waals surface area contributed by atoms with Crippen LogP contribution in [-0.4, -0.2) is 29.7 Å². The van der Waals surface area contributed by atoms with E-state index in [1.807, 2.05) is 29.2 Å². The van der Waals surface area contributed by atoms with Gasteiger partial charge < -0.3 is 9.64 Å². The average Bonchev–Trinajstić information content (AvgIpc) is 3.49. The second-order valence-corrected chi connectivity index (χ2v) is 7.46. The highest BCUT2D eigenvalue weighted by molar-refractivity contribution is 8.00. The summed E-state index contributed by atoms with van der Waals surface area (Å²) in [6, 6.07) is 12.8. The number of hydrogen-bond donors (Lipinski definition) is 0. The van der Waals surface area contributed by atoms with Crippen molar-refractivity contribution in [2.24, 2.45) is 0 Å². The molecule has 0 radical (unpaired) electrons. The molecule has 0 spiro atoms. The Morgan fingerprint density at radius 3 is 2.48 bits per heavy atom. The molecule has 0 aliphatic heterocycles. The molecule has 0 heterocycles. The van der Waals surface area contributed by atoms with Gasteiger partial charge in [0.2, 0.25) is 5.91 Å². The molecule has 0 atom stereocenters. The summed E-state index contributed by atoms with van der Waals surface area (Å²) in [5.41, 5.74) is 0.303. The van der Waals surface area contributed by atoms with Crippen LogP contribution in [0.1, 0.15) is 24.0 Å². The molecule has 0 bridgehead atoms. The van der Waals surface area contributed by atoms with Crippen molar-refractivity contribution >= 4 is 17.7 Å². The fourth-order valence-corrected chi connectivity index (χ4v) is 3.57. The van der Waals surface area contributed by atoms with Gasteiger partial charge in [0.1, 0.15) is 5.75 Å². The quantitative estimate of drug-likeness (QED) is 0.618. The van der Waals surface area contributed by atoms with Gasteiger partial charge in [-0.05, 0) is 48.7 Å². The van der Waals surface area contributed by atoms with Crippen molar-refractivity contribution in [2.45, 2.75) is 36.5 Å². The van der Waals surface area contributed by atoms with E-state index in [0.29, 0.717) is 11.4 Å². The van der Waals surface area contributed by atoms with Gasteiger partial charge in [-0.3, -0.25) is 4.79 Å². The van der Waals surface area contributed by atoms with Gasteiger partial charge in [0, 0.05) is 17.5 Å². The average molecular weight is 395 g/mol. The van der Waals surface area contributed by atoms with Crippen LogP contribution < -0.4 is 4.74 Å². The van der Waals surface area contributed by atoms with Crippen molar-refractivity contribution in [1.29, 1.82) is 0 Å². The topological polar surface area (TPSA) is 29.5 Å². The van der Waals surface area contributed by atoms with E-state index in [2.05, 4.69) is 0 Å². The molecule has 0 unspecified atom stereocenters. The molecule has 1 aliphatic rings. The summed E-state index contributed by atoms with van der Waals surface area (Å²) in [4.78, 5) is 14.9. The highest BCUT2D eigenvalue weighted by Gasteiger charge is 2.33. The van der Waals surface area contributed by atoms with Gasteiger partial charge in [0.15, 0.2) is 0 Å². The van der Waals surface area contributed by atoms with Gasteiger partial charge in [0.05, 0.1) is 18.4 Å². The lowest BCUT2D eigenvalue weighted by Crippen LogP contribution is -2.33. The van der Waals surface area contributed by atoms with Gasteiger partial charge in [-0.15, -0.1) is 11.8 Å². The SMILES string of the molecule is COc1ccc(CN(C(=O)CSc2cccc(C(F)(F)F)c2)C2CC2)cc1. The lowest BCUT2D eigenvalue weighted by Gasteiger charge is -2.22. The third-order valence-corrected chi connectivity index (χ3v) is 5.32. The molecule has 1 saturated carbocycles. The van der Waals surface area contributed by atoms with Gasteiger partial charge in [0.25, 0.3) is 0 Å². The Balaban J connectivity index is 1.62. The minimum Gasteiger partial charge on any atom is -0.497 e. The van der Waals surface area contributed by atoms with Gasteiger partial charge in [-0.1, -0.05) is 18.2 Å². The Hall–Kier alpha value is -2.15. The lowest BCUT2D eigenvalue weighted by atomic mass is 10.2. The van der Waals surface area contributed by atoms with Crippen molar-refractivity contribution in [3.63, 3.8) is 0 Å². The van der Waals surface area contributed by atoms with E-state index in [0.717, 1.165) is 48.0 Å². The fourth-order valence-electron chi connectivity index (χ4n) is 2.72. The van der Waals surface area contributed by atoms with Crippen molar-refractivity contribution in [3.05, 3.63) is 59.7 Å². The number of alkyl halides is 3. The molecule has 1 fully saturated rings. The first kappa shape index (κ1) is 19.6. The third-order valence-electron chi connectivity index (χ3n) is 4.34. The molecule has 3 rings (SSSR count). The summed E-state index contributed by atoms with van der Waals surface area (Å²) < 4.78 is 43.6. The van der Waals surface area contributed by atoms with Crippen molar-refractivity contribution in [1.82, 2.24) is 4.90 Å². The maximum Gasteiger partial charge on any atom is 0.416 e. The number of halogens is 3. The van der Waals surface area contributed by atoms with Gasteiger partial charge in [-0.2, -0.15) is 13.2 Å². The normalized spacial score (nSPS) is 14.1. The van der Waals surface area contributed by atoms with Gasteiger partial charge in [-0.25, -0.2) is 0 Å². The smallest absolute Gasteiger partial charge is 0.416 e. The fraction of sp³-hybridized carbons (Fsp3) is 0.350. The minimum absolute atomic E-state index is 0.0595. The summed E-state index contributed by atoms with van der Waals surface area (Å²) >= 11 is 1.14. The first-order valence-corrected chi connectivity index (χ1v) is 9.58. The number of benzene rings is 2. The number of methoxy groups -OCH3 is 1. The first-order valence-electron chi connectivity index (χ1n) is 8.59. The number of hydrogen-bond acceptors (Lipinski definition) is 3. The highest BCUT2D eigenvalue weighted by atomic mass is 32.2. The predicted molar refractivity (Wildman–Crippen MR) is 98.7 cm³/mol. The molecule has 27 heavy (non-hydrogen) atoms. The Morgan fingerprint density at radius 2 is 1.89 bits per heavy atom. The Bertz CT molecular complexity index is 789. The van der Waals surface area contributed by atoms with E-state index in [1.165, 1.54) is 6.07 Å². The number of nitrogens with zero attached hydrogens (tertiary/aromatic N) is 1. The molecular formula is C20H20F3NO2S. The molecular weight excluding hydrogens is 375 g/mol. The third kappa shape index (κ3) is 5.42. The van der Waals surface area contributed by atoms with Crippen LogP contribution in [0, 0.1) is 0 Å². The molecule has 2 aromatic carbocycles.